The van der Waals surface area contributed by atoms with Crippen LogP contribution in [0.5, 0.6) is 11.5 Å². The van der Waals surface area contributed by atoms with E-state index in [9.17, 15) is 4.79 Å². The maximum absolute atomic E-state index is 12.5. The molecule has 0 radical (unpaired) electrons. The van der Waals surface area contributed by atoms with Crippen LogP contribution in [0.15, 0.2) is 42.5 Å². The van der Waals surface area contributed by atoms with Crippen molar-refractivity contribution >= 4 is 5.91 Å². The van der Waals surface area contributed by atoms with E-state index >= 15 is 0 Å². The first kappa shape index (κ1) is 23.2. The van der Waals surface area contributed by atoms with Gasteiger partial charge in [0.15, 0.2) is 0 Å². The lowest BCUT2D eigenvalue weighted by Gasteiger charge is -2.30. The first-order chi connectivity index (χ1) is 15.0. The molecule has 168 valence electrons. The highest BCUT2D eigenvalue weighted by Gasteiger charge is 2.32. The summed E-state index contributed by atoms with van der Waals surface area (Å²) in [5, 5.41) is 0. The van der Waals surface area contributed by atoms with E-state index < -0.39 is 0 Å². The Morgan fingerprint density at radius 3 is 2.16 bits per heavy atom. The number of hydrogen-bond acceptors (Lipinski definition) is 3. The van der Waals surface area contributed by atoms with Crippen molar-refractivity contribution in [3.05, 3.63) is 59.2 Å². The molecule has 1 atom stereocenters. The summed E-state index contributed by atoms with van der Waals surface area (Å²) in [5.41, 5.74) is 3.63. The van der Waals surface area contributed by atoms with Gasteiger partial charge in [0.25, 0.3) is 0 Å². The predicted molar refractivity (Wildman–Crippen MR) is 126 cm³/mol. The predicted octanol–water partition coefficient (Wildman–Crippen LogP) is 6.29. The maximum atomic E-state index is 12.5. The molecule has 1 saturated carbocycles. The molecule has 0 N–H and O–H groups in total. The van der Waals surface area contributed by atoms with Crippen molar-refractivity contribution in [1.29, 1.82) is 0 Å². The molecule has 1 aliphatic carbocycles. The van der Waals surface area contributed by atoms with Gasteiger partial charge in [-0.3, -0.25) is 4.79 Å². The third-order valence-corrected chi connectivity index (χ3v) is 6.02. The molecule has 2 aromatic carbocycles. The number of aryl methyl sites for hydroxylation is 1. The molecule has 1 fully saturated rings. The van der Waals surface area contributed by atoms with Gasteiger partial charge < -0.3 is 14.4 Å². The number of carbonyl (C=O) groups excluding carboxylic acids is 1. The van der Waals surface area contributed by atoms with Gasteiger partial charge >= 0.3 is 0 Å². The van der Waals surface area contributed by atoms with Crippen LogP contribution in [0.2, 0.25) is 0 Å². The summed E-state index contributed by atoms with van der Waals surface area (Å²) >= 11 is 0. The maximum Gasteiger partial charge on any atom is 0.219 e. The fraction of sp³-hybridized carbons (Fsp3) is 0.519. The molecular weight excluding hydrogens is 386 g/mol. The van der Waals surface area contributed by atoms with E-state index in [1.165, 1.54) is 24.0 Å². The van der Waals surface area contributed by atoms with Crippen LogP contribution >= 0.6 is 0 Å². The number of nitrogens with zero attached hydrogens (tertiary/aromatic N) is 1. The first-order valence-electron chi connectivity index (χ1n) is 11.8. The minimum absolute atomic E-state index is 0.0270. The second-order valence-corrected chi connectivity index (χ2v) is 8.40. The van der Waals surface area contributed by atoms with Crippen LogP contribution in [-0.4, -0.2) is 30.6 Å². The molecule has 0 spiro atoms. The fourth-order valence-electron chi connectivity index (χ4n) is 4.25. The van der Waals surface area contributed by atoms with E-state index in [-0.39, 0.29) is 11.9 Å². The molecule has 1 unspecified atom stereocenters. The molecule has 31 heavy (non-hydrogen) atoms. The van der Waals surface area contributed by atoms with Gasteiger partial charge in [-0.15, -0.1) is 0 Å². The smallest absolute Gasteiger partial charge is 0.219 e. The Morgan fingerprint density at radius 2 is 1.65 bits per heavy atom. The van der Waals surface area contributed by atoms with Gasteiger partial charge in [0, 0.05) is 19.0 Å². The van der Waals surface area contributed by atoms with Crippen LogP contribution < -0.4 is 9.47 Å². The lowest BCUT2D eigenvalue weighted by atomic mass is 9.99. The zero-order chi connectivity index (χ0) is 22.2. The van der Waals surface area contributed by atoms with Gasteiger partial charge in [-0.25, -0.2) is 0 Å². The van der Waals surface area contributed by atoms with Crippen molar-refractivity contribution in [2.75, 3.05) is 19.8 Å². The molecule has 3 rings (SSSR count). The topological polar surface area (TPSA) is 38.8 Å². The average Bonchev–Trinajstić information content (AvgIpc) is 3.59. The number of benzene rings is 2. The van der Waals surface area contributed by atoms with Crippen LogP contribution in [0.3, 0.4) is 0 Å². The van der Waals surface area contributed by atoms with E-state index in [1.807, 2.05) is 24.8 Å². The lowest BCUT2D eigenvalue weighted by molar-refractivity contribution is -0.131. The second kappa shape index (κ2) is 11.2. The Hall–Kier alpha value is -2.49. The average molecular weight is 424 g/mol. The molecule has 1 aliphatic rings. The summed E-state index contributed by atoms with van der Waals surface area (Å²) in [6.45, 7) is 9.80. The third-order valence-electron chi connectivity index (χ3n) is 6.02. The minimum Gasteiger partial charge on any atom is -0.493 e. The van der Waals surface area contributed by atoms with Crippen molar-refractivity contribution < 1.29 is 14.3 Å². The number of ether oxygens (including phenoxy) is 2. The van der Waals surface area contributed by atoms with Crippen molar-refractivity contribution in [1.82, 2.24) is 4.90 Å². The molecule has 2 aromatic rings. The van der Waals surface area contributed by atoms with Crippen molar-refractivity contribution in [3.63, 3.8) is 0 Å². The summed E-state index contributed by atoms with van der Waals surface area (Å²) < 4.78 is 12.0. The van der Waals surface area contributed by atoms with Gasteiger partial charge in [0.1, 0.15) is 11.5 Å². The van der Waals surface area contributed by atoms with Crippen molar-refractivity contribution in [3.8, 4) is 11.5 Å². The number of hydrogen-bond donors (Lipinski definition) is 0. The number of carbonyl (C=O) groups is 1. The monoisotopic (exact) mass is 423 g/mol. The summed E-state index contributed by atoms with van der Waals surface area (Å²) in [4.78, 5) is 14.5. The molecule has 0 heterocycles. The van der Waals surface area contributed by atoms with E-state index in [2.05, 4.69) is 43.3 Å². The van der Waals surface area contributed by atoms with E-state index in [4.69, 9.17) is 9.47 Å². The zero-order valence-corrected chi connectivity index (χ0v) is 19.5. The quantitative estimate of drug-likeness (QED) is 0.376. The molecule has 4 nitrogen and oxygen atoms in total. The Kier molecular flexibility index (Phi) is 8.39. The third kappa shape index (κ3) is 6.25. The molecule has 1 amide bonds. The molecule has 4 heteroatoms. The van der Waals surface area contributed by atoms with Crippen molar-refractivity contribution in [2.24, 2.45) is 0 Å². The number of amides is 1. The van der Waals surface area contributed by atoms with E-state index in [0.29, 0.717) is 19.1 Å². The Balaban J connectivity index is 1.74. The van der Waals surface area contributed by atoms with E-state index in [0.717, 1.165) is 42.9 Å². The Labute approximate surface area is 187 Å². The van der Waals surface area contributed by atoms with Crippen LogP contribution in [0.1, 0.15) is 82.0 Å². The van der Waals surface area contributed by atoms with Crippen LogP contribution in [0.25, 0.3) is 0 Å². The molecule has 0 bridgehead atoms. The summed E-state index contributed by atoms with van der Waals surface area (Å²) in [6.07, 6.45) is 5.47. The van der Waals surface area contributed by atoms with Gasteiger partial charge in [0.2, 0.25) is 5.91 Å². The largest absolute Gasteiger partial charge is 0.493 e. The van der Waals surface area contributed by atoms with E-state index in [1.54, 1.807) is 6.92 Å². The van der Waals surface area contributed by atoms with Crippen LogP contribution in [0.4, 0.5) is 0 Å². The SMILES string of the molecule is CCOc1cc(C(C)N(CCCCc2ccccc2)C(C)=O)cc(OCC)c1C1CC1. The highest BCUT2D eigenvalue weighted by Crippen LogP contribution is 2.50. The second-order valence-electron chi connectivity index (χ2n) is 8.40. The highest BCUT2D eigenvalue weighted by atomic mass is 16.5. The van der Waals surface area contributed by atoms with Gasteiger partial charge in [0.05, 0.1) is 19.3 Å². The minimum atomic E-state index is -0.0270. The van der Waals surface area contributed by atoms with Gasteiger partial charge in [-0.05, 0) is 82.1 Å². The van der Waals surface area contributed by atoms with Gasteiger partial charge in [-0.1, -0.05) is 30.3 Å². The summed E-state index contributed by atoms with van der Waals surface area (Å²) in [7, 11) is 0. The van der Waals surface area contributed by atoms with Crippen LogP contribution in [-0.2, 0) is 11.2 Å². The Bertz CT molecular complexity index is 818. The highest BCUT2D eigenvalue weighted by molar-refractivity contribution is 5.74. The van der Waals surface area contributed by atoms with Gasteiger partial charge in [-0.2, -0.15) is 0 Å². The molecule has 0 aliphatic heterocycles. The molecule has 0 aromatic heterocycles. The molecule has 0 saturated heterocycles. The van der Waals surface area contributed by atoms with Crippen molar-refractivity contribution in [2.45, 2.75) is 71.8 Å². The fourth-order valence-corrected chi connectivity index (χ4v) is 4.25. The standard InChI is InChI=1S/C27H37NO3/c1-5-30-25-18-24(19-26(31-6-2)27(25)23-15-16-23)20(3)28(21(4)29)17-11-10-14-22-12-8-7-9-13-22/h7-9,12-13,18-20,23H,5-6,10-11,14-17H2,1-4H3. The molecular formula is C27H37NO3. The van der Waals surface area contributed by atoms with Crippen LogP contribution in [0, 0.1) is 0 Å². The Morgan fingerprint density at radius 1 is 1.03 bits per heavy atom. The summed E-state index contributed by atoms with van der Waals surface area (Å²) in [6, 6.07) is 14.8. The normalized spacial score (nSPS) is 14.2. The number of rotatable bonds is 12. The first-order valence-corrected chi connectivity index (χ1v) is 11.8. The number of unbranched alkanes of at least 4 members (excludes halogenated alkanes) is 1. The zero-order valence-electron chi connectivity index (χ0n) is 19.5. The lowest BCUT2D eigenvalue weighted by Crippen LogP contribution is -2.32. The summed E-state index contributed by atoms with van der Waals surface area (Å²) in [5.74, 6) is 2.49.